The Morgan fingerprint density at radius 2 is 2.29 bits per heavy atom. The zero-order valence-electron chi connectivity index (χ0n) is 10.00. The Balaban J connectivity index is 2.30. The summed E-state index contributed by atoms with van der Waals surface area (Å²) >= 11 is 1.26. The van der Waals surface area contributed by atoms with E-state index in [1.165, 1.54) is 11.5 Å². The van der Waals surface area contributed by atoms with Crippen molar-refractivity contribution >= 4 is 11.5 Å². The van der Waals surface area contributed by atoms with Crippen molar-refractivity contribution in [1.29, 1.82) is 0 Å². The average molecular weight is 252 g/mol. The van der Waals surface area contributed by atoms with Crippen LogP contribution < -0.4 is 0 Å². The molecule has 0 saturated carbocycles. The van der Waals surface area contributed by atoms with Gasteiger partial charge in [0.1, 0.15) is 6.10 Å². The Hall–Kier alpha value is -1.27. The number of aliphatic hydroxyl groups is 1. The lowest BCUT2D eigenvalue weighted by Gasteiger charge is -2.11. The van der Waals surface area contributed by atoms with E-state index in [2.05, 4.69) is 21.6 Å². The third-order valence-corrected chi connectivity index (χ3v) is 3.47. The molecule has 17 heavy (non-hydrogen) atoms. The molecule has 1 N–H and O–H groups in total. The van der Waals surface area contributed by atoms with E-state index in [1.54, 1.807) is 10.9 Å². The minimum absolute atomic E-state index is 0.668. The van der Waals surface area contributed by atoms with Gasteiger partial charge in [-0.15, -0.1) is 5.10 Å². The maximum absolute atomic E-state index is 10.4. The van der Waals surface area contributed by atoms with E-state index in [9.17, 15) is 5.11 Å². The lowest BCUT2D eigenvalue weighted by atomic mass is 10.1. The van der Waals surface area contributed by atoms with Crippen LogP contribution in [0.5, 0.6) is 0 Å². The first-order valence-corrected chi connectivity index (χ1v) is 6.56. The van der Waals surface area contributed by atoms with Gasteiger partial charge in [0.25, 0.3) is 0 Å². The molecule has 0 aromatic carbocycles. The minimum Gasteiger partial charge on any atom is -0.381 e. The van der Waals surface area contributed by atoms with E-state index in [-0.39, 0.29) is 0 Å². The van der Waals surface area contributed by atoms with Crippen LogP contribution in [0.4, 0.5) is 0 Å². The third kappa shape index (κ3) is 2.37. The second kappa shape index (κ2) is 5.37. The van der Waals surface area contributed by atoms with Gasteiger partial charge in [0.05, 0.1) is 16.3 Å². The Morgan fingerprint density at radius 3 is 3.00 bits per heavy atom. The summed E-state index contributed by atoms with van der Waals surface area (Å²) in [5.74, 6) is 0. The standard InChI is InChI=1S/C11H16N4OS/c1-3-5-8-11(17-14-13-8)10(16)9-6-7-12-15(9)4-2/h6-7,10,16H,3-5H2,1-2H3. The van der Waals surface area contributed by atoms with Crippen LogP contribution >= 0.6 is 11.5 Å². The number of nitrogens with zero attached hydrogens (tertiary/aromatic N) is 4. The Bertz CT molecular complexity index is 479. The van der Waals surface area contributed by atoms with Crippen molar-refractivity contribution in [2.45, 2.75) is 39.3 Å². The van der Waals surface area contributed by atoms with Crippen molar-refractivity contribution in [1.82, 2.24) is 19.4 Å². The highest BCUT2D eigenvalue weighted by Gasteiger charge is 2.21. The van der Waals surface area contributed by atoms with Gasteiger partial charge in [-0.3, -0.25) is 4.68 Å². The highest BCUT2D eigenvalue weighted by molar-refractivity contribution is 7.05. The van der Waals surface area contributed by atoms with E-state index in [0.29, 0.717) is 0 Å². The van der Waals surface area contributed by atoms with Crippen molar-refractivity contribution in [3.05, 3.63) is 28.5 Å². The molecule has 0 aliphatic heterocycles. The van der Waals surface area contributed by atoms with Gasteiger partial charge in [-0.25, -0.2) is 0 Å². The molecule has 6 heteroatoms. The Morgan fingerprint density at radius 1 is 1.47 bits per heavy atom. The summed E-state index contributed by atoms with van der Waals surface area (Å²) in [6.45, 7) is 4.83. The monoisotopic (exact) mass is 252 g/mol. The number of rotatable bonds is 5. The summed E-state index contributed by atoms with van der Waals surface area (Å²) in [5, 5.41) is 18.6. The van der Waals surface area contributed by atoms with E-state index < -0.39 is 6.10 Å². The fourth-order valence-electron chi connectivity index (χ4n) is 1.81. The van der Waals surface area contributed by atoms with Crippen LogP contribution in [0.2, 0.25) is 0 Å². The molecule has 0 saturated heterocycles. The molecule has 2 aromatic rings. The van der Waals surface area contributed by atoms with Crippen LogP contribution in [0.1, 0.15) is 42.6 Å². The molecule has 2 aromatic heterocycles. The molecule has 0 fully saturated rings. The predicted molar refractivity (Wildman–Crippen MR) is 65.9 cm³/mol. The molecule has 1 atom stereocenters. The fourth-order valence-corrected chi connectivity index (χ4v) is 2.50. The maximum Gasteiger partial charge on any atom is 0.133 e. The van der Waals surface area contributed by atoms with Gasteiger partial charge >= 0.3 is 0 Å². The van der Waals surface area contributed by atoms with E-state index >= 15 is 0 Å². The molecular weight excluding hydrogens is 236 g/mol. The van der Waals surface area contributed by atoms with Gasteiger partial charge in [0, 0.05) is 12.7 Å². The molecule has 0 spiro atoms. The smallest absolute Gasteiger partial charge is 0.133 e. The van der Waals surface area contributed by atoms with Crippen molar-refractivity contribution < 1.29 is 5.11 Å². The topological polar surface area (TPSA) is 63.8 Å². The average Bonchev–Trinajstić information content (AvgIpc) is 2.96. The zero-order chi connectivity index (χ0) is 12.3. The number of hydrogen-bond donors (Lipinski definition) is 1. The molecule has 0 aliphatic rings. The van der Waals surface area contributed by atoms with Crippen LogP contribution in [0, 0.1) is 0 Å². The number of aliphatic hydroxyl groups excluding tert-OH is 1. The summed E-state index contributed by atoms with van der Waals surface area (Å²) in [7, 11) is 0. The SMILES string of the molecule is CCCc1nnsc1C(O)c1ccnn1CC. The minimum atomic E-state index is -0.668. The largest absolute Gasteiger partial charge is 0.381 e. The summed E-state index contributed by atoms with van der Waals surface area (Å²) in [6, 6.07) is 1.84. The van der Waals surface area contributed by atoms with Crippen LogP contribution in [0.3, 0.4) is 0 Å². The van der Waals surface area contributed by atoms with Gasteiger partial charge in [0.2, 0.25) is 0 Å². The van der Waals surface area contributed by atoms with Gasteiger partial charge in [-0.1, -0.05) is 17.8 Å². The second-order valence-electron chi connectivity index (χ2n) is 3.81. The van der Waals surface area contributed by atoms with Gasteiger partial charge in [0.15, 0.2) is 0 Å². The fraction of sp³-hybridized carbons (Fsp3) is 0.545. The molecule has 1 unspecified atom stereocenters. The van der Waals surface area contributed by atoms with Crippen LogP contribution in [-0.2, 0) is 13.0 Å². The molecular formula is C11H16N4OS. The summed E-state index contributed by atoms with van der Waals surface area (Å²) < 4.78 is 5.72. The normalized spacial score (nSPS) is 12.9. The molecule has 0 aliphatic carbocycles. The number of aryl methyl sites for hydroxylation is 2. The molecule has 0 amide bonds. The second-order valence-corrected chi connectivity index (χ2v) is 4.59. The van der Waals surface area contributed by atoms with Crippen LogP contribution in [0.25, 0.3) is 0 Å². The lowest BCUT2D eigenvalue weighted by Crippen LogP contribution is -2.09. The van der Waals surface area contributed by atoms with Crippen molar-refractivity contribution in [2.75, 3.05) is 0 Å². The molecule has 2 rings (SSSR count). The Kier molecular flexibility index (Phi) is 3.86. The van der Waals surface area contributed by atoms with E-state index in [4.69, 9.17) is 0 Å². The van der Waals surface area contributed by atoms with E-state index in [0.717, 1.165) is 35.7 Å². The van der Waals surface area contributed by atoms with Crippen LogP contribution in [0.15, 0.2) is 12.3 Å². The van der Waals surface area contributed by atoms with Crippen molar-refractivity contribution in [3.8, 4) is 0 Å². The summed E-state index contributed by atoms with van der Waals surface area (Å²) in [4.78, 5) is 0.835. The Labute approximate surface area is 104 Å². The molecule has 5 nitrogen and oxygen atoms in total. The first-order chi connectivity index (χ1) is 8.27. The number of aromatic nitrogens is 4. The van der Waals surface area contributed by atoms with Crippen molar-refractivity contribution in [3.63, 3.8) is 0 Å². The first kappa shape index (κ1) is 12.2. The van der Waals surface area contributed by atoms with Gasteiger partial charge < -0.3 is 5.11 Å². The van der Waals surface area contributed by atoms with Crippen LogP contribution in [-0.4, -0.2) is 24.5 Å². The summed E-state index contributed by atoms with van der Waals surface area (Å²) in [5.41, 5.74) is 1.70. The van der Waals surface area contributed by atoms with Gasteiger partial charge in [-0.2, -0.15) is 5.10 Å². The third-order valence-electron chi connectivity index (χ3n) is 2.65. The first-order valence-electron chi connectivity index (χ1n) is 5.78. The van der Waals surface area contributed by atoms with E-state index in [1.807, 2.05) is 13.0 Å². The zero-order valence-corrected chi connectivity index (χ0v) is 10.8. The van der Waals surface area contributed by atoms with Crippen molar-refractivity contribution in [2.24, 2.45) is 0 Å². The van der Waals surface area contributed by atoms with Gasteiger partial charge in [-0.05, 0) is 30.9 Å². The highest BCUT2D eigenvalue weighted by Crippen LogP contribution is 2.27. The lowest BCUT2D eigenvalue weighted by molar-refractivity contribution is 0.210. The molecule has 2 heterocycles. The predicted octanol–water partition coefficient (Wildman–Crippen LogP) is 1.79. The maximum atomic E-state index is 10.4. The number of hydrogen-bond acceptors (Lipinski definition) is 5. The quantitative estimate of drug-likeness (QED) is 0.881. The summed E-state index contributed by atoms with van der Waals surface area (Å²) in [6.07, 6.45) is 2.89. The molecule has 0 bridgehead atoms. The molecule has 0 radical (unpaired) electrons. The highest BCUT2D eigenvalue weighted by atomic mass is 32.1. The molecule has 92 valence electrons.